The molecule has 3 fully saturated rings. The molecule has 2 saturated heterocycles. The number of Topliss-reactive ketones (excluding diaryl/α,β-unsaturated/α-hetero) is 1. The van der Waals surface area contributed by atoms with Crippen LogP contribution in [0.4, 0.5) is 11.4 Å². The number of aromatic hydroxyl groups is 1. The highest BCUT2D eigenvalue weighted by atomic mass is 79.9. The quantitative estimate of drug-likeness (QED) is 0.118. The third-order valence-electron chi connectivity index (χ3n) is 11.4. The van der Waals surface area contributed by atoms with E-state index in [2.05, 4.69) is 31.9 Å². The summed E-state index contributed by atoms with van der Waals surface area (Å²) in [4.78, 5) is 73.6. The molecule has 268 valence electrons. The molecule has 9 nitrogen and oxygen atoms in total. The van der Waals surface area contributed by atoms with Gasteiger partial charge in [0.25, 0.3) is 0 Å². The Labute approximate surface area is 326 Å². The van der Waals surface area contributed by atoms with Gasteiger partial charge < -0.3 is 9.84 Å². The molecule has 0 aromatic heterocycles. The number of phenols is 1. The number of ketones is 1. The Kier molecular flexibility index (Phi) is 8.74. The minimum atomic E-state index is -1.52. The van der Waals surface area contributed by atoms with E-state index >= 15 is 4.79 Å². The molecule has 4 aliphatic rings. The van der Waals surface area contributed by atoms with Gasteiger partial charge in [-0.2, -0.15) is 0 Å². The minimum absolute atomic E-state index is 0.115. The molecule has 4 amide bonds. The fourth-order valence-electron chi connectivity index (χ4n) is 9.17. The predicted molar refractivity (Wildman–Crippen MR) is 205 cm³/mol. The molecule has 2 aliphatic carbocycles. The summed E-state index contributed by atoms with van der Waals surface area (Å²) in [6.07, 6.45) is 2.30. The highest BCUT2D eigenvalue weighted by molar-refractivity contribution is 9.13. The van der Waals surface area contributed by atoms with Gasteiger partial charge in [-0.25, -0.2) is 4.90 Å². The third-order valence-corrected chi connectivity index (χ3v) is 13.8. The zero-order chi connectivity index (χ0) is 37.5. The summed E-state index contributed by atoms with van der Waals surface area (Å²) in [6, 6.07) is 23.8. The minimum Gasteiger partial charge on any atom is -0.503 e. The van der Waals surface area contributed by atoms with Crippen LogP contribution in [0.15, 0.2) is 106 Å². The summed E-state index contributed by atoms with van der Waals surface area (Å²) in [7, 11) is 1.43. The number of methoxy groups -OCH3 is 1. The molecule has 0 bridgehead atoms. The number of halogens is 3. The zero-order valence-corrected chi connectivity index (χ0v) is 32.3. The monoisotopic (exact) mass is 856 g/mol. The number of anilines is 2. The lowest BCUT2D eigenvalue weighted by atomic mass is 9.49. The van der Waals surface area contributed by atoms with E-state index in [9.17, 15) is 24.3 Å². The van der Waals surface area contributed by atoms with Crippen LogP contribution in [0, 0.1) is 23.7 Å². The molecule has 2 heterocycles. The van der Waals surface area contributed by atoms with E-state index in [0.29, 0.717) is 42.0 Å². The number of nitrogens with zero attached hydrogens (tertiary/aromatic N) is 2. The van der Waals surface area contributed by atoms with Gasteiger partial charge in [0.05, 0.1) is 46.1 Å². The number of rotatable bonds is 6. The average molecular weight is 859 g/mol. The number of imide groups is 2. The summed E-state index contributed by atoms with van der Waals surface area (Å²) in [5.41, 5.74) is 1.52. The Morgan fingerprint density at radius 1 is 0.849 bits per heavy atom. The Hall–Kier alpha value is -4.58. The van der Waals surface area contributed by atoms with Crippen molar-refractivity contribution in [3.63, 3.8) is 0 Å². The number of hydrogen-bond acceptors (Lipinski definition) is 7. The molecule has 53 heavy (non-hydrogen) atoms. The fraction of sp³-hybridized carbons (Fsp3) is 0.244. The third kappa shape index (κ3) is 5.11. The Morgan fingerprint density at radius 2 is 1.57 bits per heavy atom. The lowest BCUT2D eigenvalue weighted by molar-refractivity contribution is -0.127. The Morgan fingerprint density at radius 3 is 2.23 bits per heavy atom. The molecule has 1 N–H and O–H groups in total. The van der Waals surface area contributed by atoms with Crippen molar-refractivity contribution >= 4 is 84.2 Å². The number of carbonyl (C=O) groups excluding carboxylic acids is 5. The van der Waals surface area contributed by atoms with Crippen LogP contribution in [0.3, 0.4) is 0 Å². The summed E-state index contributed by atoms with van der Waals surface area (Å²) >= 11 is 13.6. The topological polar surface area (TPSA) is 121 Å². The number of hydrogen-bond donors (Lipinski definition) is 1. The lowest BCUT2D eigenvalue weighted by Gasteiger charge is -2.51. The van der Waals surface area contributed by atoms with Crippen LogP contribution < -0.4 is 14.5 Å². The van der Waals surface area contributed by atoms with Crippen LogP contribution in [0.5, 0.6) is 11.5 Å². The van der Waals surface area contributed by atoms with Crippen molar-refractivity contribution in [1.82, 2.24) is 0 Å². The molecule has 6 atom stereocenters. The first-order valence-corrected chi connectivity index (χ1v) is 19.0. The van der Waals surface area contributed by atoms with E-state index in [4.69, 9.17) is 16.3 Å². The molecule has 8 rings (SSSR count). The molecule has 12 heteroatoms. The van der Waals surface area contributed by atoms with Crippen molar-refractivity contribution < 1.29 is 33.8 Å². The van der Waals surface area contributed by atoms with Gasteiger partial charge in [-0.3, -0.25) is 28.9 Å². The van der Waals surface area contributed by atoms with E-state index < -0.39 is 52.7 Å². The Balaban J connectivity index is 1.37. The van der Waals surface area contributed by atoms with E-state index in [0.717, 1.165) is 5.57 Å². The van der Waals surface area contributed by atoms with Gasteiger partial charge in [0, 0.05) is 21.0 Å². The van der Waals surface area contributed by atoms with Crippen LogP contribution in [-0.2, 0) is 24.6 Å². The molecule has 2 aliphatic heterocycles. The molecule has 4 aromatic rings. The van der Waals surface area contributed by atoms with Gasteiger partial charge >= 0.3 is 0 Å². The highest BCUT2D eigenvalue weighted by Crippen LogP contribution is 2.66. The second-order valence-electron chi connectivity index (χ2n) is 13.9. The van der Waals surface area contributed by atoms with Crippen LogP contribution in [0.2, 0.25) is 5.02 Å². The number of benzene rings is 4. The maximum Gasteiger partial charge on any atom is 0.246 e. The van der Waals surface area contributed by atoms with E-state index in [-0.39, 0.29) is 36.0 Å². The first-order valence-electron chi connectivity index (χ1n) is 17.0. The second-order valence-corrected chi connectivity index (χ2v) is 15.9. The van der Waals surface area contributed by atoms with Crippen molar-refractivity contribution in [3.8, 4) is 11.5 Å². The molecule has 0 unspecified atom stereocenters. The van der Waals surface area contributed by atoms with Crippen LogP contribution in [0.25, 0.3) is 0 Å². The number of amides is 4. The van der Waals surface area contributed by atoms with E-state index in [1.807, 2.05) is 36.4 Å². The van der Waals surface area contributed by atoms with Crippen LogP contribution in [-0.4, -0.2) is 41.6 Å². The van der Waals surface area contributed by atoms with Gasteiger partial charge in [0.1, 0.15) is 0 Å². The van der Waals surface area contributed by atoms with Crippen molar-refractivity contribution in [2.24, 2.45) is 23.7 Å². The van der Waals surface area contributed by atoms with Gasteiger partial charge in [0.2, 0.25) is 23.6 Å². The molecule has 1 saturated carbocycles. The first kappa shape index (κ1) is 35.4. The normalized spacial score (nSPS) is 26.3. The number of phenolic OH excluding ortho intramolecular Hbond substituents is 1. The first-order chi connectivity index (χ1) is 25.4. The average Bonchev–Trinajstić information content (AvgIpc) is 3.55. The molecule has 0 radical (unpaired) electrons. The van der Waals surface area contributed by atoms with Gasteiger partial charge in [-0.1, -0.05) is 59.6 Å². The van der Waals surface area contributed by atoms with Crippen molar-refractivity contribution in [2.45, 2.75) is 31.1 Å². The highest BCUT2D eigenvalue weighted by Gasteiger charge is 2.70. The number of fused-ring (bicyclic) bond motifs is 4. The number of ether oxygens (including phenoxy) is 1. The zero-order valence-electron chi connectivity index (χ0n) is 28.4. The Bertz CT molecular complexity index is 2300. The number of carbonyl (C=O) groups is 5. The number of allylic oxidation sites excluding steroid dienone is 2. The maximum atomic E-state index is 15.5. The smallest absolute Gasteiger partial charge is 0.246 e. The molecule has 0 spiro atoms. The summed E-state index contributed by atoms with van der Waals surface area (Å²) in [5, 5.41) is 11.4. The molecule has 4 aromatic carbocycles. The largest absolute Gasteiger partial charge is 0.503 e. The van der Waals surface area contributed by atoms with Crippen molar-refractivity contribution in [3.05, 3.63) is 127 Å². The van der Waals surface area contributed by atoms with Gasteiger partial charge in [-0.05, 0) is 117 Å². The van der Waals surface area contributed by atoms with Gasteiger partial charge in [-0.15, -0.1) is 0 Å². The van der Waals surface area contributed by atoms with Crippen molar-refractivity contribution in [1.29, 1.82) is 0 Å². The maximum absolute atomic E-state index is 15.5. The van der Waals surface area contributed by atoms with Crippen LogP contribution in [0.1, 0.15) is 47.2 Å². The van der Waals surface area contributed by atoms with E-state index in [1.165, 1.54) is 23.8 Å². The van der Waals surface area contributed by atoms with E-state index in [1.54, 1.807) is 54.6 Å². The fourth-order valence-corrected chi connectivity index (χ4v) is 10.3. The predicted octanol–water partition coefficient (Wildman–Crippen LogP) is 8.15. The lowest BCUT2D eigenvalue weighted by Crippen LogP contribution is -2.53. The summed E-state index contributed by atoms with van der Waals surface area (Å²) < 4.78 is 6.35. The molecular formula is C41H31Br2ClN2O7. The van der Waals surface area contributed by atoms with Crippen LogP contribution >= 0.6 is 43.5 Å². The molecular weight excluding hydrogens is 828 g/mol. The van der Waals surface area contributed by atoms with Crippen molar-refractivity contribution in [2.75, 3.05) is 16.9 Å². The standard InChI is InChI=1S/C41H31Br2ClN2O7/c1-20(47)21-11-13-24(14-12-21)45-37(49)27-16-15-26-28(32(27)39(45)51)18-30-38(50)46(25-10-6-9-23(44)17-25)40(52)41(30,22-7-4-3-5-8-22)33(26)29-19-31(53-2)36(48)35(43)34(29)42/h3-15,17,19,27-28,30,32-33,48H,16,18H2,1-2H3/t27-,28+,30-,32-,33+,41+/m0/s1. The van der Waals surface area contributed by atoms with Gasteiger partial charge in [0.15, 0.2) is 17.3 Å². The summed E-state index contributed by atoms with van der Waals surface area (Å²) in [5.74, 6) is -5.77. The summed E-state index contributed by atoms with van der Waals surface area (Å²) in [6.45, 7) is 1.45. The SMILES string of the molecule is COc1cc([C@H]2C3=CC[C@@H]4C(=O)N(c5ccc(C(C)=O)cc5)C(=O)[C@@H]4[C@@H]3C[C@H]3C(=O)N(c4cccc(Cl)c4)C(=O)[C@@]23c2ccccc2)c(Br)c(Br)c1O. The second kappa shape index (κ2) is 13.1.